The lowest BCUT2D eigenvalue weighted by molar-refractivity contribution is -0.139. The molecule has 1 saturated heterocycles. The van der Waals surface area contributed by atoms with Gasteiger partial charge in [0.2, 0.25) is 0 Å². The minimum Gasteiger partial charge on any atom is -0.494 e. The van der Waals surface area contributed by atoms with E-state index in [0.29, 0.717) is 19.7 Å². The van der Waals surface area contributed by atoms with E-state index in [-0.39, 0.29) is 6.10 Å². The van der Waals surface area contributed by atoms with Gasteiger partial charge >= 0.3 is 11.8 Å². The molecule has 120 valence electrons. The van der Waals surface area contributed by atoms with E-state index in [4.69, 9.17) is 9.47 Å². The van der Waals surface area contributed by atoms with Crippen LogP contribution in [0.25, 0.3) is 0 Å². The highest BCUT2D eigenvalue weighted by molar-refractivity contribution is 6.35. The van der Waals surface area contributed by atoms with Crippen LogP contribution in [0.2, 0.25) is 0 Å². The van der Waals surface area contributed by atoms with Crippen molar-refractivity contribution >= 4 is 11.8 Å². The van der Waals surface area contributed by atoms with Crippen molar-refractivity contribution in [3.8, 4) is 5.75 Å². The molecule has 2 amide bonds. The smallest absolute Gasteiger partial charge is 0.309 e. The second-order valence-corrected chi connectivity index (χ2v) is 5.10. The van der Waals surface area contributed by atoms with E-state index >= 15 is 0 Å². The van der Waals surface area contributed by atoms with E-state index in [1.165, 1.54) is 0 Å². The second kappa shape index (κ2) is 8.38. The summed E-state index contributed by atoms with van der Waals surface area (Å²) < 4.78 is 10.7. The van der Waals surface area contributed by atoms with Crippen LogP contribution in [0, 0.1) is 0 Å². The van der Waals surface area contributed by atoms with Crippen LogP contribution in [-0.4, -0.2) is 37.7 Å². The monoisotopic (exact) mass is 306 g/mol. The van der Waals surface area contributed by atoms with Crippen LogP contribution in [-0.2, 0) is 20.9 Å². The first-order valence-corrected chi connectivity index (χ1v) is 7.58. The molecule has 2 N–H and O–H groups in total. The largest absolute Gasteiger partial charge is 0.494 e. The van der Waals surface area contributed by atoms with E-state index in [9.17, 15) is 9.59 Å². The van der Waals surface area contributed by atoms with E-state index in [1.807, 2.05) is 31.2 Å². The van der Waals surface area contributed by atoms with Gasteiger partial charge in [-0.25, -0.2) is 0 Å². The molecule has 1 aromatic rings. The van der Waals surface area contributed by atoms with Gasteiger partial charge in [-0.3, -0.25) is 9.59 Å². The van der Waals surface area contributed by atoms with Gasteiger partial charge in [-0.2, -0.15) is 0 Å². The number of hydrogen-bond acceptors (Lipinski definition) is 4. The number of amides is 2. The molecule has 1 heterocycles. The maximum Gasteiger partial charge on any atom is 0.309 e. The number of rotatable bonds is 6. The zero-order chi connectivity index (χ0) is 15.8. The van der Waals surface area contributed by atoms with Crippen LogP contribution in [0.3, 0.4) is 0 Å². The number of carbonyl (C=O) groups excluding carboxylic acids is 2. The van der Waals surface area contributed by atoms with Crippen molar-refractivity contribution in [3.63, 3.8) is 0 Å². The van der Waals surface area contributed by atoms with Crippen molar-refractivity contribution in [2.75, 3.05) is 19.8 Å². The van der Waals surface area contributed by atoms with Crippen molar-refractivity contribution in [1.82, 2.24) is 10.6 Å². The third-order valence-electron chi connectivity index (χ3n) is 3.41. The Balaban J connectivity index is 1.70. The Hall–Kier alpha value is -2.08. The molecule has 0 aliphatic carbocycles. The van der Waals surface area contributed by atoms with Crippen LogP contribution in [0.15, 0.2) is 24.3 Å². The predicted molar refractivity (Wildman–Crippen MR) is 81.4 cm³/mol. The Labute approximate surface area is 130 Å². The molecule has 1 aromatic carbocycles. The lowest BCUT2D eigenvalue weighted by Gasteiger charge is -2.11. The number of ether oxygens (including phenoxy) is 2. The van der Waals surface area contributed by atoms with Gasteiger partial charge in [0.15, 0.2) is 0 Å². The molecule has 6 nitrogen and oxygen atoms in total. The zero-order valence-electron chi connectivity index (χ0n) is 12.8. The third kappa shape index (κ3) is 5.04. The van der Waals surface area contributed by atoms with Crippen molar-refractivity contribution < 1.29 is 19.1 Å². The molecule has 0 saturated carbocycles. The molecule has 0 aromatic heterocycles. The first-order valence-electron chi connectivity index (χ1n) is 7.58. The summed E-state index contributed by atoms with van der Waals surface area (Å²) in [6.07, 6.45) is 1.96. The van der Waals surface area contributed by atoms with Gasteiger partial charge in [0.05, 0.1) is 12.7 Å². The summed E-state index contributed by atoms with van der Waals surface area (Å²) in [5.74, 6) is -0.472. The fourth-order valence-electron chi connectivity index (χ4n) is 2.22. The van der Waals surface area contributed by atoms with E-state index in [0.717, 1.165) is 30.8 Å². The Morgan fingerprint density at radius 3 is 2.59 bits per heavy atom. The van der Waals surface area contributed by atoms with Gasteiger partial charge in [-0.05, 0) is 37.5 Å². The Morgan fingerprint density at radius 2 is 1.95 bits per heavy atom. The summed E-state index contributed by atoms with van der Waals surface area (Å²) in [4.78, 5) is 23.4. The second-order valence-electron chi connectivity index (χ2n) is 5.10. The minimum absolute atomic E-state index is 0.0304. The van der Waals surface area contributed by atoms with Gasteiger partial charge in [-0.1, -0.05) is 12.1 Å². The molecule has 0 spiro atoms. The maximum atomic E-state index is 11.7. The van der Waals surface area contributed by atoms with E-state index < -0.39 is 11.8 Å². The molecule has 6 heteroatoms. The van der Waals surface area contributed by atoms with Gasteiger partial charge in [0, 0.05) is 19.7 Å². The lowest BCUT2D eigenvalue weighted by atomic mass is 10.2. The van der Waals surface area contributed by atoms with Gasteiger partial charge in [0.1, 0.15) is 5.75 Å². The molecule has 0 bridgehead atoms. The van der Waals surface area contributed by atoms with Crippen LogP contribution in [0.4, 0.5) is 0 Å². The Morgan fingerprint density at radius 1 is 1.23 bits per heavy atom. The highest BCUT2D eigenvalue weighted by atomic mass is 16.5. The van der Waals surface area contributed by atoms with Gasteiger partial charge < -0.3 is 20.1 Å². The van der Waals surface area contributed by atoms with Crippen LogP contribution in [0.5, 0.6) is 5.75 Å². The summed E-state index contributed by atoms with van der Waals surface area (Å²) in [6.45, 7) is 3.95. The molecule has 1 fully saturated rings. The standard InChI is InChI=1S/C16H22N2O4/c1-2-21-13-7-5-12(6-8-13)10-17-15(19)16(20)18-11-14-4-3-9-22-14/h5-8,14H,2-4,9-11H2,1H3,(H,17,19)(H,18,20)/t14-/m1/s1. The molecule has 1 aliphatic rings. The average Bonchev–Trinajstić information content (AvgIpc) is 3.05. The molecule has 22 heavy (non-hydrogen) atoms. The zero-order valence-corrected chi connectivity index (χ0v) is 12.8. The van der Waals surface area contributed by atoms with Gasteiger partial charge in [0.25, 0.3) is 0 Å². The first kappa shape index (κ1) is 16.3. The van der Waals surface area contributed by atoms with Crippen molar-refractivity contribution in [2.45, 2.75) is 32.4 Å². The lowest BCUT2D eigenvalue weighted by Crippen LogP contribution is -2.42. The normalized spacial score (nSPS) is 17.0. The fourth-order valence-corrected chi connectivity index (χ4v) is 2.22. The summed E-state index contributed by atoms with van der Waals surface area (Å²) >= 11 is 0. The molecular weight excluding hydrogens is 284 g/mol. The van der Waals surface area contributed by atoms with E-state index in [1.54, 1.807) is 0 Å². The SMILES string of the molecule is CCOc1ccc(CNC(=O)C(=O)NC[C@H]2CCCO2)cc1. The molecule has 1 atom stereocenters. The molecular formula is C16H22N2O4. The summed E-state index contributed by atoms with van der Waals surface area (Å²) in [7, 11) is 0. The minimum atomic E-state index is -0.633. The molecule has 0 radical (unpaired) electrons. The quantitative estimate of drug-likeness (QED) is 0.769. The van der Waals surface area contributed by atoms with Crippen molar-refractivity contribution in [3.05, 3.63) is 29.8 Å². The average molecular weight is 306 g/mol. The summed E-state index contributed by atoms with van der Waals surface area (Å²) in [5, 5.41) is 5.18. The number of benzene rings is 1. The summed E-state index contributed by atoms with van der Waals surface area (Å²) in [6, 6.07) is 7.38. The van der Waals surface area contributed by atoms with Crippen molar-refractivity contribution in [1.29, 1.82) is 0 Å². The number of hydrogen-bond donors (Lipinski definition) is 2. The number of carbonyl (C=O) groups is 2. The van der Waals surface area contributed by atoms with E-state index in [2.05, 4.69) is 10.6 Å². The van der Waals surface area contributed by atoms with Gasteiger partial charge in [-0.15, -0.1) is 0 Å². The van der Waals surface area contributed by atoms with Crippen LogP contribution >= 0.6 is 0 Å². The van der Waals surface area contributed by atoms with Crippen LogP contribution < -0.4 is 15.4 Å². The molecule has 1 aliphatic heterocycles. The Kier molecular flexibility index (Phi) is 6.21. The topological polar surface area (TPSA) is 76.7 Å². The third-order valence-corrected chi connectivity index (χ3v) is 3.41. The van der Waals surface area contributed by atoms with Crippen LogP contribution in [0.1, 0.15) is 25.3 Å². The van der Waals surface area contributed by atoms with Crippen molar-refractivity contribution in [2.24, 2.45) is 0 Å². The highest BCUT2D eigenvalue weighted by Gasteiger charge is 2.18. The Bertz CT molecular complexity index is 495. The summed E-state index contributed by atoms with van der Waals surface area (Å²) in [5.41, 5.74) is 0.906. The fraction of sp³-hybridized carbons (Fsp3) is 0.500. The predicted octanol–water partition coefficient (Wildman–Crippen LogP) is 0.997. The first-order chi connectivity index (χ1) is 10.7. The molecule has 0 unspecified atom stereocenters. The maximum absolute atomic E-state index is 11.7. The molecule has 2 rings (SSSR count). The number of nitrogens with one attached hydrogen (secondary N) is 2. The highest BCUT2D eigenvalue weighted by Crippen LogP contribution is 2.12.